The molecule has 2 rings (SSSR count). The van der Waals surface area contributed by atoms with Crippen molar-refractivity contribution in [3.8, 4) is 0 Å². The van der Waals surface area contributed by atoms with Crippen LogP contribution in [0.5, 0.6) is 0 Å². The summed E-state index contributed by atoms with van der Waals surface area (Å²) in [6, 6.07) is 1.40. The average molecular weight is 301 g/mol. The van der Waals surface area contributed by atoms with Crippen molar-refractivity contribution >= 4 is 16.0 Å². The number of carbonyl (C=O) groups is 1. The fourth-order valence-corrected chi connectivity index (χ4v) is 4.85. The van der Waals surface area contributed by atoms with E-state index >= 15 is 0 Å². The van der Waals surface area contributed by atoms with E-state index in [-0.39, 0.29) is 11.6 Å². The van der Waals surface area contributed by atoms with E-state index in [0.29, 0.717) is 25.7 Å². The lowest BCUT2D eigenvalue weighted by atomic mass is 9.92. The molecule has 1 aliphatic heterocycles. The number of rotatable bonds is 5. The van der Waals surface area contributed by atoms with Crippen LogP contribution in [0.25, 0.3) is 0 Å². The number of aryl methyl sites for hydroxylation is 1. The third-order valence-electron chi connectivity index (χ3n) is 3.82. The maximum absolute atomic E-state index is 12.7. The average Bonchev–Trinajstić information content (AvgIpc) is 2.97. The summed E-state index contributed by atoms with van der Waals surface area (Å²) < 4.78 is 27.8. The van der Waals surface area contributed by atoms with Gasteiger partial charge in [-0.3, -0.25) is 9.48 Å². The number of carboxylic acids is 1. The number of hydrogen-bond donors (Lipinski definition) is 1. The molecule has 1 N–H and O–H groups in total. The van der Waals surface area contributed by atoms with Crippen molar-refractivity contribution in [2.75, 3.05) is 6.54 Å². The van der Waals surface area contributed by atoms with Crippen LogP contribution in [0.1, 0.15) is 32.6 Å². The van der Waals surface area contributed by atoms with Crippen molar-refractivity contribution in [2.24, 2.45) is 7.05 Å². The Balaban J connectivity index is 2.50. The SMILES string of the molecule is CCCC1(C(=O)O)CCCN1S(=O)(=O)c1ccnn1C. The Labute approximate surface area is 118 Å². The van der Waals surface area contributed by atoms with Crippen LogP contribution in [0, 0.1) is 0 Å². The molecule has 1 unspecified atom stereocenters. The minimum absolute atomic E-state index is 0.0288. The Bertz CT molecular complexity index is 610. The molecule has 1 aromatic rings. The summed E-state index contributed by atoms with van der Waals surface area (Å²) in [4.78, 5) is 11.7. The molecule has 0 spiro atoms. The number of hydrogen-bond acceptors (Lipinski definition) is 4. The molecule has 0 aromatic carbocycles. The summed E-state index contributed by atoms with van der Waals surface area (Å²) in [5.41, 5.74) is -1.32. The second-order valence-electron chi connectivity index (χ2n) is 5.06. The number of aromatic nitrogens is 2. The molecule has 1 atom stereocenters. The molecule has 8 heteroatoms. The van der Waals surface area contributed by atoms with Crippen molar-refractivity contribution < 1.29 is 18.3 Å². The lowest BCUT2D eigenvalue weighted by molar-refractivity contribution is -0.147. The maximum Gasteiger partial charge on any atom is 0.325 e. The Kier molecular flexibility index (Phi) is 3.88. The molecule has 0 radical (unpaired) electrons. The lowest BCUT2D eigenvalue weighted by Gasteiger charge is -2.33. The molecule has 0 amide bonds. The van der Waals surface area contributed by atoms with Gasteiger partial charge >= 0.3 is 5.97 Å². The van der Waals surface area contributed by atoms with Gasteiger partial charge in [-0.15, -0.1) is 0 Å². The minimum atomic E-state index is -3.85. The van der Waals surface area contributed by atoms with E-state index in [2.05, 4.69) is 5.10 Å². The molecule has 1 fully saturated rings. The van der Waals surface area contributed by atoms with E-state index in [1.807, 2.05) is 6.92 Å². The smallest absolute Gasteiger partial charge is 0.325 e. The first kappa shape index (κ1) is 15.0. The van der Waals surface area contributed by atoms with E-state index in [1.54, 1.807) is 0 Å². The van der Waals surface area contributed by atoms with E-state index < -0.39 is 21.5 Å². The van der Waals surface area contributed by atoms with Crippen LogP contribution in [0.15, 0.2) is 17.3 Å². The first-order valence-electron chi connectivity index (χ1n) is 6.60. The number of aliphatic carboxylic acids is 1. The first-order valence-corrected chi connectivity index (χ1v) is 8.04. The standard InChI is InChI=1S/C12H19N3O4S/c1-3-6-12(11(16)17)7-4-9-15(12)20(18,19)10-5-8-13-14(10)2/h5,8H,3-4,6-7,9H2,1-2H3,(H,16,17). The molecule has 7 nitrogen and oxygen atoms in total. The van der Waals surface area contributed by atoms with E-state index in [0.717, 1.165) is 4.31 Å². The minimum Gasteiger partial charge on any atom is -0.480 e. The molecule has 0 bridgehead atoms. The summed E-state index contributed by atoms with van der Waals surface area (Å²) in [5, 5.41) is 13.5. The number of nitrogens with zero attached hydrogens (tertiary/aromatic N) is 3. The molecule has 1 saturated heterocycles. The normalized spacial score (nSPS) is 24.1. The summed E-state index contributed by atoms with van der Waals surface area (Å²) in [6.07, 6.45) is 3.24. The van der Waals surface area contributed by atoms with Crippen molar-refractivity contribution in [1.82, 2.24) is 14.1 Å². The zero-order valence-corrected chi connectivity index (χ0v) is 12.4. The first-order chi connectivity index (χ1) is 9.36. The Morgan fingerprint density at radius 2 is 2.25 bits per heavy atom. The quantitative estimate of drug-likeness (QED) is 0.869. The van der Waals surface area contributed by atoms with Crippen LogP contribution in [-0.2, 0) is 21.9 Å². The molecule has 1 aliphatic rings. The highest BCUT2D eigenvalue weighted by atomic mass is 32.2. The highest BCUT2D eigenvalue weighted by Gasteiger charge is 2.53. The lowest BCUT2D eigenvalue weighted by Crippen LogP contribution is -2.53. The van der Waals surface area contributed by atoms with Gasteiger partial charge in [0.15, 0.2) is 5.03 Å². The van der Waals surface area contributed by atoms with Gasteiger partial charge in [0.25, 0.3) is 10.0 Å². The van der Waals surface area contributed by atoms with Gasteiger partial charge in [-0.05, 0) is 25.3 Å². The van der Waals surface area contributed by atoms with E-state index in [9.17, 15) is 18.3 Å². The molecule has 2 heterocycles. The zero-order valence-electron chi connectivity index (χ0n) is 11.6. The topological polar surface area (TPSA) is 92.5 Å². The fraction of sp³-hybridized carbons (Fsp3) is 0.667. The van der Waals surface area contributed by atoms with E-state index in [4.69, 9.17) is 0 Å². The van der Waals surface area contributed by atoms with Gasteiger partial charge in [0, 0.05) is 13.6 Å². The molecule has 112 valence electrons. The van der Waals surface area contributed by atoms with E-state index in [1.165, 1.54) is 24.0 Å². The fourth-order valence-electron chi connectivity index (χ4n) is 2.92. The van der Waals surface area contributed by atoms with Crippen molar-refractivity contribution in [3.05, 3.63) is 12.3 Å². The van der Waals surface area contributed by atoms with Crippen LogP contribution < -0.4 is 0 Å². The Hall–Kier alpha value is -1.41. The van der Waals surface area contributed by atoms with Gasteiger partial charge in [-0.2, -0.15) is 9.40 Å². The number of sulfonamides is 1. The predicted molar refractivity (Wildman–Crippen MR) is 71.6 cm³/mol. The Morgan fingerprint density at radius 1 is 1.55 bits per heavy atom. The van der Waals surface area contributed by atoms with Gasteiger partial charge in [-0.25, -0.2) is 8.42 Å². The third-order valence-corrected chi connectivity index (χ3v) is 5.86. The van der Waals surface area contributed by atoms with Crippen LogP contribution in [0.2, 0.25) is 0 Å². The summed E-state index contributed by atoms with van der Waals surface area (Å²) in [6.45, 7) is 2.09. The molecular formula is C12H19N3O4S. The van der Waals surface area contributed by atoms with Gasteiger partial charge in [0.2, 0.25) is 0 Å². The van der Waals surface area contributed by atoms with Crippen molar-refractivity contribution in [3.63, 3.8) is 0 Å². The van der Waals surface area contributed by atoms with Crippen LogP contribution >= 0.6 is 0 Å². The predicted octanol–water partition coefficient (Wildman–Crippen LogP) is 0.828. The second kappa shape index (κ2) is 5.17. The highest BCUT2D eigenvalue weighted by molar-refractivity contribution is 7.89. The molecule has 0 saturated carbocycles. The summed E-state index contributed by atoms with van der Waals surface area (Å²) in [5.74, 6) is -1.07. The Morgan fingerprint density at radius 3 is 2.75 bits per heavy atom. The third kappa shape index (κ3) is 2.12. The highest BCUT2D eigenvalue weighted by Crippen LogP contribution is 2.38. The molecule has 0 aliphatic carbocycles. The molecule has 1 aromatic heterocycles. The maximum atomic E-state index is 12.7. The summed E-state index contributed by atoms with van der Waals surface area (Å²) in [7, 11) is -2.31. The second-order valence-corrected chi connectivity index (χ2v) is 6.87. The van der Waals surface area contributed by atoms with Gasteiger partial charge in [-0.1, -0.05) is 13.3 Å². The van der Waals surface area contributed by atoms with Gasteiger partial charge < -0.3 is 5.11 Å². The van der Waals surface area contributed by atoms with Crippen LogP contribution in [0.3, 0.4) is 0 Å². The largest absolute Gasteiger partial charge is 0.480 e. The summed E-state index contributed by atoms with van der Waals surface area (Å²) >= 11 is 0. The van der Waals surface area contributed by atoms with Crippen molar-refractivity contribution in [2.45, 2.75) is 43.2 Å². The monoisotopic (exact) mass is 301 g/mol. The molecular weight excluding hydrogens is 282 g/mol. The number of carboxylic acid groups (broad SMARTS) is 1. The zero-order chi connectivity index (χ0) is 15.0. The van der Waals surface area contributed by atoms with Crippen LogP contribution in [0.4, 0.5) is 0 Å². The van der Waals surface area contributed by atoms with Crippen molar-refractivity contribution in [1.29, 1.82) is 0 Å². The van der Waals surface area contributed by atoms with Gasteiger partial charge in [0.1, 0.15) is 5.54 Å². The molecule has 20 heavy (non-hydrogen) atoms. The van der Waals surface area contributed by atoms with Gasteiger partial charge in [0.05, 0.1) is 6.20 Å². The van der Waals surface area contributed by atoms with Crippen LogP contribution in [-0.4, -0.2) is 45.7 Å².